The van der Waals surface area contributed by atoms with Gasteiger partial charge in [0.2, 0.25) is 5.91 Å². The van der Waals surface area contributed by atoms with Crippen LogP contribution in [-0.4, -0.2) is 37.6 Å². The largest absolute Gasteiger partial charge is 0.497 e. The Morgan fingerprint density at radius 1 is 0.969 bits per heavy atom. The molecule has 3 aromatic rings. The molecule has 4 rings (SSSR count). The number of halogens is 2. The first-order valence-corrected chi connectivity index (χ1v) is 10.6. The van der Waals surface area contributed by atoms with Crippen molar-refractivity contribution in [2.75, 3.05) is 26.8 Å². The molecule has 1 aliphatic rings. The zero-order valence-electron chi connectivity index (χ0n) is 17.8. The van der Waals surface area contributed by atoms with Crippen molar-refractivity contribution in [2.45, 2.75) is 18.4 Å². The molecule has 0 aliphatic carbocycles. The Balaban J connectivity index is 1.42. The van der Waals surface area contributed by atoms with E-state index in [2.05, 4.69) is 0 Å². The van der Waals surface area contributed by atoms with Crippen LogP contribution in [0.3, 0.4) is 0 Å². The highest BCUT2D eigenvalue weighted by molar-refractivity contribution is 5.85. The second-order valence-corrected chi connectivity index (χ2v) is 7.80. The third-order valence-electron chi connectivity index (χ3n) is 5.78. The first-order valence-electron chi connectivity index (χ1n) is 10.6. The molecule has 0 saturated carbocycles. The number of carbonyl (C=O) groups is 1. The maximum Gasteiger partial charge on any atom is 0.230 e. The van der Waals surface area contributed by atoms with E-state index in [1.807, 2.05) is 24.3 Å². The van der Waals surface area contributed by atoms with Crippen molar-refractivity contribution in [1.29, 1.82) is 0 Å². The van der Waals surface area contributed by atoms with E-state index in [1.54, 1.807) is 36.3 Å². The van der Waals surface area contributed by atoms with Gasteiger partial charge in [-0.2, -0.15) is 0 Å². The van der Waals surface area contributed by atoms with E-state index in [4.69, 9.17) is 9.47 Å². The number of nitrogens with zero attached hydrogens (tertiary/aromatic N) is 1. The maximum atomic E-state index is 13.4. The van der Waals surface area contributed by atoms with Crippen LogP contribution in [0.1, 0.15) is 35.1 Å². The molecule has 166 valence electrons. The smallest absolute Gasteiger partial charge is 0.230 e. The first-order chi connectivity index (χ1) is 15.5. The van der Waals surface area contributed by atoms with E-state index in [0.717, 1.165) is 28.9 Å². The van der Waals surface area contributed by atoms with Gasteiger partial charge >= 0.3 is 0 Å². The summed E-state index contributed by atoms with van der Waals surface area (Å²) in [6.07, 6.45) is 0.258. The summed E-state index contributed by atoms with van der Waals surface area (Å²) in [5, 5.41) is 0. The second-order valence-electron chi connectivity index (χ2n) is 7.80. The molecule has 3 aromatic carbocycles. The highest BCUT2D eigenvalue weighted by Crippen LogP contribution is 2.31. The molecule has 1 unspecified atom stereocenters. The molecule has 0 radical (unpaired) electrons. The van der Waals surface area contributed by atoms with Crippen LogP contribution >= 0.6 is 0 Å². The molecule has 0 aromatic heterocycles. The predicted molar refractivity (Wildman–Crippen MR) is 118 cm³/mol. The highest BCUT2D eigenvalue weighted by Gasteiger charge is 2.32. The number of carbonyl (C=O) groups excluding carboxylic acids is 1. The Labute approximate surface area is 186 Å². The fraction of sp³-hybridized carbons (Fsp3) is 0.269. The maximum absolute atomic E-state index is 13.4. The molecule has 0 bridgehead atoms. The summed E-state index contributed by atoms with van der Waals surface area (Å²) >= 11 is 0. The van der Waals surface area contributed by atoms with E-state index in [9.17, 15) is 13.6 Å². The van der Waals surface area contributed by atoms with E-state index in [1.165, 1.54) is 24.3 Å². The summed E-state index contributed by atoms with van der Waals surface area (Å²) in [5.41, 5.74) is 2.48. The summed E-state index contributed by atoms with van der Waals surface area (Å²) in [6.45, 7) is 1.40. The minimum absolute atomic E-state index is 0.0713. The Hall–Kier alpha value is -3.25. The van der Waals surface area contributed by atoms with Crippen LogP contribution in [0.15, 0.2) is 72.8 Å². The molecule has 1 fully saturated rings. The molecule has 1 saturated heterocycles. The number of hydrogen-bond donors (Lipinski definition) is 0. The van der Waals surface area contributed by atoms with Crippen LogP contribution in [-0.2, 0) is 9.53 Å². The third-order valence-corrected chi connectivity index (χ3v) is 5.78. The average Bonchev–Trinajstić information content (AvgIpc) is 3.18. The van der Waals surface area contributed by atoms with E-state index in [0.29, 0.717) is 19.7 Å². The lowest BCUT2D eigenvalue weighted by molar-refractivity contribution is -0.129. The van der Waals surface area contributed by atoms with Gasteiger partial charge in [0, 0.05) is 13.1 Å². The Morgan fingerprint density at radius 2 is 1.59 bits per heavy atom. The van der Waals surface area contributed by atoms with Crippen molar-refractivity contribution >= 4 is 5.91 Å². The predicted octanol–water partition coefficient (Wildman–Crippen LogP) is 5.10. The van der Waals surface area contributed by atoms with Gasteiger partial charge < -0.3 is 14.4 Å². The van der Waals surface area contributed by atoms with E-state index >= 15 is 0 Å². The molecular weight excluding hydrogens is 412 g/mol. The molecule has 0 N–H and O–H groups in total. The zero-order chi connectivity index (χ0) is 22.5. The van der Waals surface area contributed by atoms with E-state index < -0.39 is 6.10 Å². The van der Waals surface area contributed by atoms with Gasteiger partial charge in [-0.15, -0.1) is 0 Å². The van der Waals surface area contributed by atoms with Gasteiger partial charge in [-0.1, -0.05) is 36.4 Å². The number of likely N-dealkylation sites (tertiary alicyclic amines) is 1. The minimum atomic E-state index is -0.483. The van der Waals surface area contributed by atoms with Gasteiger partial charge in [-0.25, -0.2) is 8.78 Å². The number of ether oxygens (including phenoxy) is 2. The first kappa shape index (κ1) is 22.0. The molecular formula is C26H25F2NO3. The van der Waals surface area contributed by atoms with Gasteiger partial charge in [0.05, 0.1) is 19.6 Å². The topological polar surface area (TPSA) is 38.8 Å². The van der Waals surface area contributed by atoms with Gasteiger partial charge in [0.15, 0.2) is 0 Å². The average molecular weight is 437 g/mol. The normalized spacial score (nSPS) is 16.1. The standard InChI is InChI=1S/C26H25F2NO3/c1-31-23-4-2-3-20(17-23)24-13-14-29(26(24)30)15-16-32-25(18-5-9-21(27)10-6-18)19-7-11-22(28)12-8-19/h2-12,17,24-25H,13-16H2,1H3. The summed E-state index contributed by atoms with van der Waals surface area (Å²) in [6, 6.07) is 19.7. The summed E-state index contributed by atoms with van der Waals surface area (Å²) < 4.78 is 38.2. The van der Waals surface area contributed by atoms with Crippen LogP contribution in [0.2, 0.25) is 0 Å². The Kier molecular flexibility index (Phi) is 6.81. The summed E-state index contributed by atoms with van der Waals surface area (Å²) in [5.74, 6) is -0.0497. The van der Waals surface area contributed by atoms with E-state index in [-0.39, 0.29) is 23.5 Å². The lowest BCUT2D eigenvalue weighted by Crippen LogP contribution is -2.30. The minimum Gasteiger partial charge on any atom is -0.497 e. The van der Waals surface area contributed by atoms with Crippen molar-refractivity contribution in [1.82, 2.24) is 4.90 Å². The fourth-order valence-corrected chi connectivity index (χ4v) is 4.07. The van der Waals surface area contributed by atoms with Crippen LogP contribution in [0.25, 0.3) is 0 Å². The molecule has 4 nitrogen and oxygen atoms in total. The highest BCUT2D eigenvalue weighted by atomic mass is 19.1. The molecule has 6 heteroatoms. The summed E-state index contributed by atoms with van der Waals surface area (Å²) in [4.78, 5) is 14.7. The number of methoxy groups -OCH3 is 1. The van der Waals surface area contributed by atoms with Crippen LogP contribution in [0, 0.1) is 11.6 Å². The third kappa shape index (κ3) is 4.97. The Bertz CT molecular complexity index is 1010. The molecule has 1 atom stereocenters. The van der Waals surface area contributed by atoms with Gasteiger partial charge in [0.25, 0.3) is 0 Å². The number of rotatable bonds is 8. The zero-order valence-corrected chi connectivity index (χ0v) is 17.8. The van der Waals surface area contributed by atoms with Crippen molar-refractivity contribution < 1.29 is 23.0 Å². The monoisotopic (exact) mass is 437 g/mol. The molecule has 1 heterocycles. The lowest BCUT2D eigenvalue weighted by atomic mass is 9.97. The number of hydrogen-bond acceptors (Lipinski definition) is 3. The lowest BCUT2D eigenvalue weighted by Gasteiger charge is -2.22. The van der Waals surface area contributed by atoms with Crippen LogP contribution < -0.4 is 4.74 Å². The molecule has 0 spiro atoms. The molecule has 1 aliphatic heterocycles. The SMILES string of the molecule is COc1cccc(C2CCN(CCOC(c3ccc(F)cc3)c3ccc(F)cc3)C2=O)c1. The number of amides is 1. The molecule has 1 amide bonds. The molecule has 32 heavy (non-hydrogen) atoms. The van der Waals surface area contributed by atoms with Gasteiger partial charge in [-0.05, 0) is 59.5 Å². The quantitative estimate of drug-likeness (QED) is 0.493. The van der Waals surface area contributed by atoms with Crippen LogP contribution in [0.4, 0.5) is 8.78 Å². The Morgan fingerprint density at radius 3 is 2.19 bits per heavy atom. The van der Waals surface area contributed by atoms with Gasteiger partial charge in [-0.3, -0.25) is 4.79 Å². The van der Waals surface area contributed by atoms with Crippen molar-refractivity contribution in [3.63, 3.8) is 0 Å². The van der Waals surface area contributed by atoms with Crippen molar-refractivity contribution in [2.24, 2.45) is 0 Å². The van der Waals surface area contributed by atoms with Crippen LogP contribution in [0.5, 0.6) is 5.75 Å². The fourth-order valence-electron chi connectivity index (χ4n) is 4.07. The van der Waals surface area contributed by atoms with Crippen molar-refractivity contribution in [3.05, 3.63) is 101 Å². The number of benzene rings is 3. The second kappa shape index (κ2) is 9.92. The van der Waals surface area contributed by atoms with Crippen molar-refractivity contribution in [3.8, 4) is 5.75 Å². The summed E-state index contributed by atoms with van der Waals surface area (Å²) in [7, 11) is 1.61. The van der Waals surface area contributed by atoms with Gasteiger partial charge in [0.1, 0.15) is 23.5 Å².